The number of hydrogen-bond donors (Lipinski definition) is 0. The fourth-order valence-electron chi connectivity index (χ4n) is 2.07. The Kier molecular flexibility index (Phi) is 9.85. The van der Waals surface area contributed by atoms with Gasteiger partial charge in [-0.2, -0.15) is 0 Å². The normalized spacial score (nSPS) is 11.0. The second-order valence-electron chi connectivity index (χ2n) is 5.03. The standard InChI is InChI=1S/C18H28O/c1-2-3-4-5-6-7-8-12-16-19-17-15-18-13-10-9-11-14-18/h9-14,16H,2-8,15,17H2,1H3. The number of rotatable bonds is 11. The zero-order chi connectivity index (χ0) is 13.6. The van der Waals surface area contributed by atoms with Crippen LogP contribution in [0.15, 0.2) is 42.7 Å². The van der Waals surface area contributed by atoms with E-state index in [-0.39, 0.29) is 0 Å². The molecule has 0 heterocycles. The van der Waals surface area contributed by atoms with Gasteiger partial charge in [-0.1, -0.05) is 69.4 Å². The number of unbranched alkanes of at least 4 members (excludes halogenated alkanes) is 6. The third-order valence-electron chi connectivity index (χ3n) is 3.27. The highest BCUT2D eigenvalue weighted by atomic mass is 16.5. The minimum Gasteiger partial charge on any atom is -0.501 e. The van der Waals surface area contributed by atoms with Crippen molar-refractivity contribution in [3.8, 4) is 0 Å². The fraction of sp³-hybridized carbons (Fsp3) is 0.556. The van der Waals surface area contributed by atoms with Crippen LogP contribution in [0.2, 0.25) is 0 Å². The monoisotopic (exact) mass is 260 g/mol. The van der Waals surface area contributed by atoms with Crippen LogP contribution in [-0.2, 0) is 11.2 Å². The van der Waals surface area contributed by atoms with Crippen LogP contribution in [0.1, 0.15) is 57.4 Å². The third-order valence-corrected chi connectivity index (χ3v) is 3.27. The lowest BCUT2D eigenvalue weighted by Crippen LogP contribution is -1.93. The summed E-state index contributed by atoms with van der Waals surface area (Å²) in [4.78, 5) is 0. The van der Waals surface area contributed by atoms with Crippen molar-refractivity contribution < 1.29 is 4.74 Å². The zero-order valence-electron chi connectivity index (χ0n) is 12.3. The lowest BCUT2D eigenvalue weighted by Gasteiger charge is -2.01. The van der Waals surface area contributed by atoms with Gasteiger partial charge in [-0.3, -0.25) is 0 Å². The van der Waals surface area contributed by atoms with Gasteiger partial charge in [0.1, 0.15) is 0 Å². The van der Waals surface area contributed by atoms with Crippen molar-refractivity contribution in [1.82, 2.24) is 0 Å². The predicted molar refractivity (Wildman–Crippen MR) is 83.2 cm³/mol. The Labute approximate surface area is 118 Å². The highest BCUT2D eigenvalue weighted by molar-refractivity contribution is 5.14. The van der Waals surface area contributed by atoms with Gasteiger partial charge in [-0.15, -0.1) is 0 Å². The van der Waals surface area contributed by atoms with Gasteiger partial charge in [-0.25, -0.2) is 0 Å². The molecule has 0 fully saturated rings. The molecule has 0 spiro atoms. The lowest BCUT2D eigenvalue weighted by molar-refractivity contribution is 0.252. The molecule has 1 aromatic rings. The van der Waals surface area contributed by atoms with E-state index in [9.17, 15) is 0 Å². The molecule has 1 rings (SSSR count). The molecule has 1 heteroatoms. The van der Waals surface area contributed by atoms with Crippen LogP contribution in [-0.4, -0.2) is 6.61 Å². The molecule has 0 aliphatic carbocycles. The first-order valence-corrected chi connectivity index (χ1v) is 7.74. The Balaban J connectivity index is 1.88. The van der Waals surface area contributed by atoms with Crippen LogP contribution in [0.25, 0.3) is 0 Å². The summed E-state index contributed by atoms with van der Waals surface area (Å²) in [5.41, 5.74) is 1.34. The summed E-state index contributed by atoms with van der Waals surface area (Å²) in [5.74, 6) is 0. The molecular weight excluding hydrogens is 232 g/mol. The van der Waals surface area contributed by atoms with E-state index in [0.29, 0.717) is 0 Å². The van der Waals surface area contributed by atoms with Crippen LogP contribution in [0.5, 0.6) is 0 Å². The summed E-state index contributed by atoms with van der Waals surface area (Å²) >= 11 is 0. The largest absolute Gasteiger partial charge is 0.501 e. The number of allylic oxidation sites excluding steroid dienone is 1. The minimum absolute atomic E-state index is 0.775. The summed E-state index contributed by atoms with van der Waals surface area (Å²) in [5, 5.41) is 0. The van der Waals surface area contributed by atoms with Crippen molar-refractivity contribution in [3.05, 3.63) is 48.2 Å². The molecule has 106 valence electrons. The van der Waals surface area contributed by atoms with Crippen molar-refractivity contribution in [2.24, 2.45) is 0 Å². The molecule has 0 saturated carbocycles. The molecule has 0 aliphatic heterocycles. The average Bonchev–Trinajstić information content (AvgIpc) is 2.46. The Morgan fingerprint density at radius 2 is 1.68 bits per heavy atom. The molecule has 0 amide bonds. The molecule has 0 N–H and O–H groups in total. The highest BCUT2D eigenvalue weighted by Crippen LogP contribution is 2.07. The van der Waals surface area contributed by atoms with Gasteiger partial charge < -0.3 is 4.74 Å². The molecule has 0 atom stereocenters. The maximum absolute atomic E-state index is 5.50. The van der Waals surface area contributed by atoms with Gasteiger partial charge in [0.05, 0.1) is 12.9 Å². The van der Waals surface area contributed by atoms with E-state index >= 15 is 0 Å². The Hall–Kier alpha value is -1.24. The summed E-state index contributed by atoms with van der Waals surface area (Å²) in [6.45, 7) is 3.03. The van der Waals surface area contributed by atoms with Crippen molar-refractivity contribution in [3.63, 3.8) is 0 Å². The SMILES string of the molecule is CCCCCCCCC=COCCc1ccccc1. The van der Waals surface area contributed by atoms with Gasteiger partial charge in [0.25, 0.3) is 0 Å². The van der Waals surface area contributed by atoms with Gasteiger partial charge in [0.15, 0.2) is 0 Å². The van der Waals surface area contributed by atoms with E-state index in [1.807, 2.05) is 12.3 Å². The molecular formula is C18H28O. The fourth-order valence-corrected chi connectivity index (χ4v) is 2.07. The molecule has 0 unspecified atom stereocenters. The quantitative estimate of drug-likeness (QED) is 0.376. The van der Waals surface area contributed by atoms with Gasteiger partial charge >= 0.3 is 0 Å². The van der Waals surface area contributed by atoms with Crippen molar-refractivity contribution in [1.29, 1.82) is 0 Å². The predicted octanol–water partition coefficient (Wildman–Crippen LogP) is 5.51. The average molecular weight is 260 g/mol. The zero-order valence-corrected chi connectivity index (χ0v) is 12.3. The molecule has 0 aliphatic rings. The van der Waals surface area contributed by atoms with Crippen LogP contribution in [0.4, 0.5) is 0 Å². The lowest BCUT2D eigenvalue weighted by atomic mass is 10.1. The van der Waals surface area contributed by atoms with E-state index in [4.69, 9.17) is 4.74 Å². The van der Waals surface area contributed by atoms with Gasteiger partial charge in [0.2, 0.25) is 0 Å². The molecule has 0 saturated heterocycles. The number of ether oxygens (including phenoxy) is 1. The summed E-state index contributed by atoms with van der Waals surface area (Å²) in [7, 11) is 0. The third kappa shape index (κ3) is 9.35. The van der Waals surface area contributed by atoms with Crippen LogP contribution in [0, 0.1) is 0 Å². The molecule has 0 bridgehead atoms. The van der Waals surface area contributed by atoms with E-state index < -0.39 is 0 Å². The van der Waals surface area contributed by atoms with Crippen LogP contribution in [0.3, 0.4) is 0 Å². The molecule has 1 nitrogen and oxygen atoms in total. The molecule has 0 radical (unpaired) electrons. The van der Waals surface area contributed by atoms with Crippen LogP contribution < -0.4 is 0 Å². The molecule has 1 aromatic carbocycles. The van der Waals surface area contributed by atoms with E-state index in [1.54, 1.807) is 0 Å². The van der Waals surface area contributed by atoms with Gasteiger partial charge in [-0.05, 0) is 24.5 Å². The minimum atomic E-state index is 0.775. The van der Waals surface area contributed by atoms with Crippen molar-refractivity contribution in [2.75, 3.05) is 6.61 Å². The number of hydrogen-bond acceptors (Lipinski definition) is 1. The Morgan fingerprint density at radius 3 is 2.47 bits per heavy atom. The second kappa shape index (κ2) is 11.8. The first-order chi connectivity index (χ1) is 9.43. The molecule has 19 heavy (non-hydrogen) atoms. The number of benzene rings is 1. The van der Waals surface area contributed by atoms with E-state index in [2.05, 4.69) is 37.3 Å². The van der Waals surface area contributed by atoms with Crippen molar-refractivity contribution >= 4 is 0 Å². The summed E-state index contributed by atoms with van der Waals surface area (Å²) in [6.07, 6.45) is 14.3. The summed E-state index contributed by atoms with van der Waals surface area (Å²) in [6, 6.07) is 10.5. The highest BCUT2D eigenvalue weighted by Gasteiger charge is 1.90. The second-order valence-corrected chi connectivity index (χ2v) is 5.03. The van der Waals surface area contributed by atoms with Crippen molar-refractivity contribution in [2.45, 2.75) is 58.3 Å². The first-order valence-electron chi connectivity index (χ1n) is 7.74. The maximum Gasteiger partial charge on any atom is 0.0913 e. The van der Waals surface area contributed by atoms with E-state index in [1.165, 1.54) is 44.1 Å². The first kappa shape index (κ1) is 15.8. The smallest absolute Gasteiger partial charge is 0.0913 e. The molecule has 0 aromatic heterocycles. The summed E-state index contributed by atoms with van der Waals surface area (Å²) < 4.78 is 5.50. The maximum atomic E-state index is 5.50. The van der Waals surface area contributed by atoms with E-state index in [0.717, 1.165) is 19.4 Å². The Bertz CT molecular complexity index is 316. The van der Waals surface area contributed by atoms with Crippen LogP contribution >= 0.6 is 0 Å². The Morgan fingerprint density at radius 1 is 0.947 bits per heavy atom. The van der Waals surface area contributed by atoms with Gasteiger partial charge in [0, 0.05) is 6.42 Å². The topological polar surface area (TPSA) is 9.23 Å².